The van der Waals surface area contributed by atoms with E-state index in [-0.39, 0.29) is 12.4 Å². The molecule has 29 heavy (non-hydrogen) atoms. The van der Waals surface area contributed by atoms with Gasteiger partial charge in [0.15, 0.2) is 11.5 Å². The average molecular weight is 394 g/mol. The van der Waals surface area contributed by atoms with Crippen molar-refractivity contribution in [3.63, 3.8) is 0 Å². The van der Waals surface area contributed by atoms with Gasteiger partial charge in [0.05, 0.1) is 44.6 Å². The van der Waals surface area contributed by atoms with Crippen molar-refractivity contribution in [3.05, 3.63) is 67.0 Å². The van der Waals surface area contributed by atoms with Crippen LogP contribution in [0.4, 0.5) is 0 Å². The molecule has 0 radical (unpaired) electrons. The summed E-state index contributed by atoms with van der Waals surface area (Å²) in [5.41, 5.74) is 4.36. The molecule has 2 aromatic carbocycles. The summed E-state index contributed by atoms with van der Waals surface area (Å²) in [6.07, 6.45) is 4.05. The minimum Gasteiger partial charge on any atom is -0.504 e. The van der Waals surface area contributed by atoms with Crippen LogP contribution in [0.5, 0.6) is 11.5 Å². The molecule has 6 heteroatoms. The van der Waals surface area contributed by atoms with Gasteiger partial charge in [0.2, 0.25) is 0 Å². The van der Waals surface area contributed by atoms with Crippen LogP contribution in [-0.4, -0.2) is 46.7 Å². The maximum absolute atomic E-state index is 10.5. The number of methoxy groups -OCH3 is 1. The van der Waals surface area contributed by atoms with Crippen LogP contribution < -0.4 is 4.74 Å². The zero-order valence-electron chi connectivity index (χ0n) is 16.5. The number of hydrogen-bond donors (Lipinski definition) is 2. The molecule has 0 unspecified atom stereocenters. The molecule has 2 N–H and O–H groups in total. The Morgan fingerprint density at radius 2 is 1.93 bits per heavy atom. The minimum atomic E-state index is -0.00781. The number of hydrogen-bond acceptors (Lipinski definition) is 5. The number of aliphatic hydroxyl groups excluding tert-OH is 1. The molecule has 0 atom stereocenters. The van der Waals surface area contributed by atoms with Crippen molar-refractivity contribution in [2.45, 2.75) is 13.0 Å². The van der Waals surface area contributed by atoms with Crippen molar-refractivity contribution < 1.29 is 19.7 Å². The number of benzene rings is 2. The molecule has 0 spiro atoms. The molecular weight excluding hydrogens is 368 g/mol. The van der Waals surface area contributed by atoms with Gasteiger partial charge in [-0.1, -0.05) is 36.4 Å². The van der Waals surface area contributed by atoms with Gasteiger partial charge >= 0.3 is 0 Å². The summed E-state index contributed by atoms with van der Waals surface area (Å²) in [5, 5.41) is 19.4. The van der Waals surface area contributed by atoms with E-state index in [1.54, 1.807) is 12.4 Å². The summed E-state index contributed by atoms with van der Waals surface area (Å²) >= 11 is 0. The number of aromatic hydroxyl groups is 1. The molecule has 1 aromatic heterocycles. The molecule has 0 aliphatic rings. The number of nitrogens with zero attached hydrogens (tertiary/aromatic N) is 2. The molecule has 0 saturated carbocycles. The highest BCUT2D eigenvalue weighted by atomic mass is 16.5. The SMILES string of the molecule is C=CCc1cc(-c2c(-c3ccccc3)ncn2CCOCCO)cc(OC)c1O. The van der Waals surface area contributed by atoms with Crippen LogP contribution in [0.1, 0.15) is 5.56 Å². The Balaban J connectivity index is 2.11. The third-order valence-electron chi connectivity index (χ3n) is 4.61. The van der Waals surface area contributed by atoms with Gasteiger partial charge in [0, 0.05) is 23.2 Å². The van der Waals surface area contributed by atoms with E-state index in [9.17, 15) is 5.11 Å². The summed E-state index contributed by atoms with van der Waals surface area (Å²) in [4.78, 5) is 4.65. The van der Waals surface area contributed by atoms with E-state index in [4.69, 9.17) is 14.6 Å². The van der Waals surface area contributed by atoms with E-state index in [0.29, 0.717) is 31.9 Å². The molecule has 0 fully saturated rings. The first-order valence-corrected chi connectivity index (χ1v) is 9.49. The fourth-order valence-corrected chi connectivity index (χ4v) is 3.26. The second kappa shape index (κ2) is 9.91. The van der Waals surface area contributed by atoms with Gasteiger partial charge in [-0.15, -0.1) is 6.58 Å². The summed E-state index contributed by atoms with van der Waals surface area (Å²) in [6.45, 7) is 5.10. The number of ether oxygens (including phenoxy) is 2. The molecule has 6 nitrogen and oxygen atoms in total. The molecule has 152 valence electrons. The monoisotopic (exact) mass is 394 g/mol. The first kappa shape index (κ1) is 20.6. The normalized spacial score (nSPS) is 10.8. The highest BCUT2D eigenvalue weighted by molar-refractivity contribution is 5.80. The van der Waals surface area contributed by atoms with Crippen molar-refractivity contribution in [1.82, 2.24) is 9.55 Å². The highest BCUT2D eigenvalue weighted by Crippen LogP contribution is 2.39. The van der Waals surface area contributed by atoms with Crippen LogP contribution in [-0.2, 0) is 17.7 Å². The predicted octanol–water partition coefficient (Wildman–Crippen LogP) is 3.67. The second-order valence-electron chi connectivity index (χ2n) is 6.52. The number of rotatable bonds is 10. The van der Waals surface area contributed by atoms with Crippen molar-refractivity contribution in [1.29, 1.82) is 0 Å². The molecular formula is C23H26N2O4. The number of phenols is 1. The van der Waals surface area contributed by atoms with Gasteiger partial charge in [-0.25, -0.2) is 4.98 Å². The zero-order chi connectivity index (χ0) is 20.6. The maximum Gasteiger partial charge on any atom is 0.161 e. The average Bonchev–Trinajstić information content (AvgIpc) is 3.17. The predicted molar refractivity (Wildman–Crippen MR) is 113 cm³/mol. The van der Waals surface area contributed by atoms with E-state index < -0.39 is 0 Å². The Morgan fingerprint density at radius 1 is 1.14 bits per heavy atom. The summed E-state index contributed by atoms with van der Waals surface area (Å²) in [5.74, 6) is 0.525. The van der Waals surface area contributed by atoms with E-state index in [0.717, 1.165) is 28.1 Å². The second-order valence-corrected chi connectivity index (χ2v) is 6.52. The molecule has 0 amide bonds. The lowest BCUT2D eigenvalue weighted by atomic mass is 10.00. The van der Waals surface area contributed by atoms with Gasteiger partial charge in [0.1, 0.15) is 0 Å². The molecule has 1 heterocycles. The van der Waals surface area contributed by atoms with Gasteiger partial charge in [-0.3, -0.25) is 0 Å². The molecule has 0 bridgehead atoms. The quantitative estimate of drug-likeness (QED) is 0.405. The maximum atomic E-state index is 10.5. The number of aliphatic hydroxyl groups is 1. The summed E-state index contributed by atoms with van der Waals surface area (Å²) in [6, 6.07) is 13.7. The third-order valence-corrected chi connectivity index (χ3v) is 4.61. The van der Waals surface area contributed by atoms with Crippen molar-refractivity contribution in [2.24, 2.45) is 0 Å². The standard InChI is InChI=1S/C23H26N2O4/c1-3-7-18-14-19(15-20(28-2)23(18)27)22-21(17-8-5-4-6-9-17)24-16-25(22)10-12-29-13-11-26/h3-6,8-9,14-16,26-27H,1,7,10-13H2,2H3. The van der Waals surface area contributed by atoms with Crippen LogP contribution in [0.3, 0.4) is 0 Å². The topological polar surface area (TPSA) is 76.7 Å². The van der Waals surface area contributed by atoms with Gasteiger partial charge in [0.25, 0.3) is 0 Å². The fraction of sp³-hybridized carbons (Fsp3) is 0.261. The number of imidazole rings is 1. The van der Waals surface area contributed by atoms with Crippen molar-refractivity contribution in [2.75, 3.05) is 26.9 Å². The first-order chi connectivity index (χ1) is 14.2. The van der Waals surface area contributed by atoms with Gasteiger partial charge in [-0.2, -0.15) is 0 Å². The summed E-state index contributed by atoms with van der Waals surface area (Å²) < 4.78 is 12.9. The van der Waals surface area contributed by atoms with E-state index >= 15 is 0 Å². The Labute approximate surface area is 170 Å². The lowest BCUT2D eigenvalue weighted by Crippen LogP contribution is -2.09. The Hall–Kier alpha value is -3.09. The van der Waals surface area contributed by atoms with Gasteiger partial charge in [-0.05, 0) is 18.6 Å². The van der Waals surface area contributed by atoms with Crippen LogP contribution >= 0.6 is 0 Å². The van der Waals surface area contributed by atoms with Crippen LogP contribution in [0.2, 0.25) is 0 Å². The lowest BCUT2D eigenvalue weighted by Gasteiger charge is -2.15. The third kappa shape index (κ3) is 4.67. The number of allylic oxidation sites excluding steroid dienone is 1. The van der Waals surface area contributed by atoms with Crippen LogP contribution in [0.25, 0.3) is 22.5 Å². The smallest absolute Gasteiger partial charge is 0.161 e. The molecule has 0 saturated heterocycles. The summed E-state index contributed by atoms with van der Waals surface area (Å²) in [7, 11) is 1.54. The largest absolute Gasteiger partial charge is 0.504 e. The Kier molecular flexibility index (Phi) is 7.05. The Bertz CT molecular complexity index is 951. The molecule has 0 aliphatic carbocycles. The van der Waals surface area contributed by atoms with E-state index in [2.05, 4.69) is 11.6 Å². The lowest BCUT2D eigenvalue weighted by molar-refractivity contribution is 0.0872. The molecule has 3 aromatic rings. The number of phenolic OH excluding ortho intramolecular Hbond substituents is 1. The Morgan fingerprint density at radius 3 is 2.62 bits per heavy atom. The molecule has 0 aliphatic heterocycles. The van der Waals surface area contributed by atoms with E-state index in [1.165, 1.54) is 7.11 Å². The highest BCUT2D eigenvalue weighted by Gasteiger charge is 2.18. The van der Waals surface area contributed by atoms with Crippen LogP contribution in [0, 0.1) is 0 Å². The zero-order valence-corrected chi connectivity index (χ0v) is 16.5. The number of aromatic nitrogens is 2. The molecule has 3 rings (SSSR count). The van der Waals surface area contributed by atoms with Gasteiger partial charge < -0.3 is 24.3 Å². The minimum absolute atomic E-state index is 0.00781. The van der Waals surface area contributed by atoms with Crippen molar-refractivity contribution in [3.8, 4) is 34.0 Å². The van der Waals surface area contributed by atoms with Crippen molar-refractivity contribution >= 4 is 0 Å². The van der Waals surface area contributed by atoms with E-state index in [1.807, 2.05) is 47.0 Å². The fourth-order valence-electron chi connectivity index (χ4n) is 3.26. The van der Waals surface area contributed by atoms with Crippen LogP contribution in [0.15, 0.2) is 61.4 Å². The first-order valence-electron chi connectivity index (χ1n) is 9.49.